The van der Waals surface area contributed by atoms with Gasteiger partial charge in [-0.25, -0.2) is 0 Å². The maximum atomic E-state index is 8.57. The first-order valence-corrected chi connectivity index (χ1v) is 4.97. The topological polar surface area (TPSA) is 33.4 Å². The van der Waals surface area contributed by atoms with Gasteiger partial charge < -0.3 is 9.52 Å². The summed E-state index contributed by atoms with van der Waals surface area (Å²) >= 11 is 5.95. The second-order valence-electron chi connectivity index (χ2n) is 3.04. The van der Waals surface area contributed by atoms with Crippen molar-refractivity contribution in [1.82, 2.24) is 0 Å². The number of halogens is 1. The summed E-state index contributed by atoms with van der Waals surface area (Å²) in [4.78, 5) is 0. The normalized spacial score (nSPS) is 10.0. The summed E-state index contributed by atoms with van der Waals surface area (Å²) in [6, 6.07) is 7.40. The zero-order valence-electron chi connectivity index (χ0n) is 7.96. The van der Waals surface area contributed by atoms with Crippen LogP contribution in [0.15, 0.2) is 28.7 Å². The SMILES string of the molecule is OCCC#Cc1cc2cccc(Cl)c2o1. The lowest BCUT2D eigenvalue weighted by atomic mass is 10.2. The molecule has 0 saturated heterocycles. The summed E-state index contributed by atoms with van der Waals surface area (Å²) in [5.41, 5.74) is 0.660. The first-order chi connectivity index (χ1) is 7.31. The fraction of sp³-hybridized carbons (Fsp3) is 0.167. The highest BCUT2D eigenvalue weighted by Crippen LogP contribution is 2.25. The summed E-state index contributed by atoms with van der Waals surface area (Å²) < 4.78 is 5.46. The zero-order chi connectivity index (χ0) is 10.7. The molecule has 0 aliphatic carbocycles. The molecule has 1 N–H and O–H groups in total. The molecule has 76 valence electrons. The molecular formula is C12H9ClO2. The number of aliphatic hydroxyl groups is 1. The van der Waals surface area contributed by atoms with E-state index >= 15 is 0 Å². The Kier molecular flexibility index (Phi) is 2.96. The molecule has 0 aliphatic heterocycles. The van der Waals surface area contributed by atoms with Crippen molar-refractivity contribution in [1.29, 1.82) is 0 Å². The Labute approximate surface area is 92.5 Å². The van der Waals surface area contributed by atoms with Gasteiger partial charge in [0, 0.05) is 17.9 Å². The van der Waals surface area contributed by atoms with Crippen LogP contribution in [-0.4, -0.2) is 11.7 Å². The Balaban J connectivity index is 2.40. The molecule has 0 saturated carbocycles. The molecule has 2 nitrogen and oxygen atoms in total. The third-order valence-corrected chi connectivity index (χ3v) is 2.24. The van der Waals surface area contributed by atoms with Crippen LogP contribution in [0.2, 0.25) is 5.02 Å². The van der Waals surface area contributed by atoms with E-state index in [4.69, 9.17) is 21.1 Å². The molecule has 0 spiro atoms. The summed E-state index contributed by atoms with van der Waals surface area (Å²) in [7, 11) is 0. The van der Waals surface area contributed by atoms with E-state index in [-0.39, 0.29) is 6.61 Å². The van der Waals surface area contributed by atoms with Crippen molar-refractivity contribution in [3.05, 3.63) is 35.0 Å². The van der Waals surface area contributed by atoms with Crippen LogP contribution in [0.5, 0.6) is 0 Å². The van der Waals surface area contributed by atoms with Crippen molar-refractivity contribution in [2.24, 2.45) is 0 Å². The number of hydrogen-bond donors (Lipinski definition) is 1. The molecule has 0 bridgehead atoms. The number of benzene rings is 1. The van der Waals surface area contributed by atoms with Gasteiger partial charge >= 0.3 is 0 Å². The lowest BCUT2D eigenvalue weighted by Crippen LogP contribution is -1.75. The van der Waals surface area contributed by atoms with Crippen LogP contribution in [-0.2, 0) is 0 Å². The minimum absolute atomic E-state index is 0.0635. The molecule has 0 amide bonds. The molecule has 0 unspecified atom stereocenters. The Morgan fingerprint density at radius 3 is 3.00 bits per heavy atom. The maximum Gasteiger partial charge on any atom is 0.178 e. The molecule has 15 heavy (non-hydrogen) atoms. The van der Waals surface area contributed by atoms with Crippen LogP contribution in [0, 0.1) is 11.8 Å². The summed E-state index contributed by atoms with van der Waals surface area (Å²) in [5, 5.41) is 10.1. The van der Waals surface area contributed by atoms with E-state index in [1.807, 2.05) is 18.2 Å². The van der Waals surface area contributed by atoms with Gasteiger partial charge in [0.25, 0.3) is 0 Å². The molecule has 3 heteroatoms. The summed E-state index contributed by atoms with van der Waals surface area (Å²) in [5.74, 6) is 6.20. The molecular weight excluding hydrogens is 212 g/mol. The second kappa shape index (κ2) is 4.39. The van der Waals surface area contributed by atoms with Gasteiger partial charge in [0.2, 0.25) is 0 Å². The van der Waals surface area contributed by atoms with E-state index < -0.39 is 0 Å². The Hall–Kier alpha value is -1.43. The van der Waals surface area contributed by atoms with Crippen molar-refractivity contribution in [2.45, 2.75) is 6.42 Å². The second-order valence-corrected chi connectivity index (χ2v) is 3.45. The van der Waals surface area contributed by atoms with Gasteiger partial charge in [-0.1, -0.05) is 29.7 Å². The quantitative estimate of drug-likeness (QED) is 0.750. The number of fused-ring (bicyclic) bond motifs is 1. The monoisotopic (exact) mass is 220 g/mol. The number of rotatable bonds is 1. The summed E-state index contributed by atoms with van der Waals surface area (Å²) in [6.45, 7) is 0.0635. The molecule has 0 atom stereocenters. The largest absolute Gasteiger partial charge is 0.446 e. The van der Waals surface area contributed by atoms with Crippen LogP contribution in [0.3, 0.4) is 0 Å². The van der Waals surface area contributed by atoms with Gasteiger partial charge in [-0.05, 0) is 12.0 Å². The number of furan rings is 1. The van der Waals surface area contributed by atoms with Crippen molar-refractivity contribution in [3.63, 3.8) is 0 Å². The number of hydrogen-bond acceptors (Lipinski definition) is 2. The van der Waals surface area contributed by atoms with E-state index in [1.54, 1.807) is 6.07 Å². The highest BCUT2D eigenvalue weighted by molar-refractivity contribution is 6.34. The first kappa shape index (κ1) is 10.1. The molecule has 1 aromatic heterocycles. The van der Waals surface area contributed by atoms with Crippen molar-refractivity contribution < 1.29 is 9.52 Å². The predicted molar refractivity (Wildman–Crippen MR) is 59.8 cm³/mol. The van der Waals surface area contributed by atoms with E-state index in [0.717, 1.165) is 5.39 Å². The van der Waals surface area contributed by atoms with Crippen molar-refractivity contribution in [3.8, 4) is 11.8 Å². The van der Waals surface area contributed by atoms with Gasteiger partial charge in [0.05, 0.1) is 11.6 Å². The van der Waals surface area contributed by atoms with Crippen LogP contribution in [0.1, 0.15) is 12.2 Å². The van der Waals surface area contributed by atoms with Crippen molar-refractivity contribution in [2.75, 3.05) is 6.61 Å². The van der Waals surface area contributed by atoms with E-state index in [2.05, 4.69) is 11.8 Å². The smallest absolute Gasteiger partial charge is 0.178 e. The van der Waals surface area contributed by atoms with Crippen LogP contribution in [0.25, 0.3) is 11.0 Å². The summed E-state index contributed by atoms with van der Waals surface area (Å²) in [6.07, 6.45) is 0.449. The average molecular weight is 221 g/mol. The number of para-hydroxylation sites is 1. The van der Waals surface area contributed by atoms with Crippen LogP contribution < -0.4 is 0 Å². The lowest BCUT2D eigenvalue weighted by molar-refractivity contribution is 0.305. The third-order valence-electron chi connectivity index (χ3n) is 1.94. The van der Waals surface area contributed by atoms with E-state index in [0.29, 0.717) is 22.8 Å². The van der Waals surface area contributed by atoms with E-state index in [1.165, 1.54) is 0 Å². The molecule has 0 fully saturated rings. The van der Waals surface area contributed by atoms with Crippen molar-refractivity contribution >= 4 is 22.6 Å². The molecule has 0 radical (unpaired) electrons. The fourth-order valence-electron chi connectivity index (χ4n) is 1.29. The molecule has 0 aliphatic rings. The van der Waals surface area contributed by atoms with Gasteiger partial charge in [-0.3, -0.25) is 0 Å². The van der Waals surface area contributed by atoms with E-state index in [9.17, 15) is 0 Å². The minimum Gasteiger partial charge on any atom is -0.446 e. The highest BCUT2D eigenvalue weighted by atomic mass is 35.5. The van der Waals surface area contributed by atoms with Gasteiger partial charge in [-0.15, -0.1) is 0 Å². The fourth-order valence-corrected chi connectivity index (χ4v) is 1.52. The van der Waals surface area contributed by atoms with Crippen LogP contribution >= 0.6 is 11.6 Å². The van der Waals surface area contributed by atoms with Gasteiger partial charge in [0.1, 0.15) is 0 Å². The number of aliphatic hydroxyl groups excluding tert-OH is 1. The highest BCUT2D eigenvalue weighted by Gasteiger charge is 2.04. The van der Waals surface area contributed by atoms with Crippen LogP contribution in [0.4, 0.5) is 0 Å². The van der Waals surface area contributed by atoms with Gasteiger partial charge in [-0.2, -0.15) is 0 Å². The Bertz CT molecular complexity index is 531. The molecule has 1 heterocycles. The Morgan fingerprint density at radius 1 is 1.40 bits per heavy atom. The predicted octanol–water partition coefficient (Wildman–Crippen LogP) is 2.82. The maximum absolute atomic E-state index is 8.57. The minimum atomic E-state index is 0.0635. The molecule has 1 aromatic carbocycles. The first-order valence-electron chi connectivity index (χ1n) is 4.59. The molecule has 2 aromatic rings. The molecule has 2 rings (SSSR count). The standard InChI is InChI=1S/C12H9ClO2/c13-11-6-3-4-9-8-10(15-12(9)11)5-1-2-7-14/h3-4,6,8,14H,2,7H2. The Morgan fingerprint density at radius 2 is 2.27 bits per heavy atom. The third kappa shape index (κ3) is 2.15. The zero-order valence-corrected chi connectivity index (χ0v) is 8.71. The average Bonchev–Trinajstić information content (AvgIpc) is 2.63. The lowest BCUT2D eigenvalue weighted by Gasteiger charge is -1.88. The van der Waals surface area contributed by atoms with Gasteiger partial charge in [0.15, 0.2) is 11.3 Å².